The van der Waals surface area contributed by atoms with Gasteiger partial charge in [0.1, 0.15) is 0 Å². The number of methoxy groups -OCH3 is 1. The fraction of sp³-hybridized carbons (Fsp3) is 0.750. The lowest BCUT2D eigenvalue weighted by atomic mass is 10.1. The van der Waals surface area contributed by atoms with Gasteiger partial charge in [-0.05, 0) is 6.42 Å². The molecule has 0 fully saturated rings. The van der Waals surface area contributed by atoms with Crippen molar-refractivity contribution in [2.24, 2.45) is 5.92 Å². The molecule has 1 atom stereocenters. The molecular weight excluding hydrogens is 176 g/mol. The average molecular weight is 190 g/mol. The number of thioether (sulfide) groups is 1. The monoisotopic (exact) mass is 190 g/mol. The van der Waals surface area contributed by atoms with Crippen LogP contribution in [0, 0.1) is 5.92 Å². The summed E-state index contributed by atoms with van der Waals surface area (Å²) < 4.78 is 4.54. The molecule has 0 aliphatic heterocycles. The van der Waals surface area contributed by atoms with Crippen LogP contribution in [-0.2, 0) is 14.3 Å². The summed E-state index contributed by atoms with van der Waals surface area (Å²) in [5, 5.41) is 0.0899. The van der Waals surface area contributed by atoms with E-state index in [1.807, 2.05) is 0 Å². The Hall–Kier alpha value is -0.510. The van der Waals surface area contributed by atoms with Gasteiger partial charge in [-0.2, -0.15) is 0 Å². The normalized spacial score (nSPS) is 12.2. The van der Waals surface area contributed by atoms with Crippen molar-refractivity contribution in [2.75, 3.05) is 12.9 Å². The van der Waals surface area contributed by atoms with Crippen molar-refractivity contribution in [1.29, 1.82) is 0 Å². The summed E-state index contributed by atoms with van der Waals surface area (Å²) in [6, 6.07) is 0. The van der Waals surface area contributed by atoms with Crippen LogP contribution >= 0.6 is 11.8 Å². The van der Waals surface area contributed by atoms with E-state index in [2.05, 4.69) is 4.74 Å². The molecule has 3 nitrogen and oxygen atoms in total. The summed E-state index contributed by atoms with van der Waals surface area (Å²) in [7, 11) is 1.37. The fourth-order valence-electron chi connectivity index (χ4n) is 0.698. The highest BCUT2D eigenvalue weighted by Crippen LogP contribution is 2.10. The van der Waals surface area contributed by atoms with Crippen LogP contribution < -0.4 is 0 Å². The molecule has 0 aliphatic rings. The fourth-order valence-corrected chi connectivity index (χ4v) is 1.46. The van der Waals surface area contributed by atoms with Crippen molar-refractivity contribution in [3.8, 4) is 0 Å². The van der Waals surface area contributed by atoms with Gasteiger partial charge in [0, 0.05) is 12.7 Å². The largest absolute Gasteiger partial charge is 0.469 e. The molecule has 0 N–H and O–H groups in total. The minimum atomic E-state index is -0.209. The molecule has 70 valence electrons. The second-order valence-corrected chi connectivity index (χ2v) is 3.82. The van der Waals surface area contributed by atoms with Gasteiger partial charge >= 0.3 is 5.97 Å². The SMILES string of the molecule is COC(=O)C(C)CCSC(C)=O. The highest BCUT2D eigenvalue weighted by atomic mass is 32.2. The molecule has 0 rings (SSSR count). The number of rotatable bonds is 4. The van der Waals surface area contributed by atoms with E-state index < -0.39 is 0 Å². The zero-order chi connectivity index (χ0) is 9.56. The molecule has 0 saturated carbocycles. The maximum Gasteiger partial charge on any atom is 0.308 e. The standard InChI is InChI=1S/C8H14O3S/c1-6(8(10)11-3)4-5-12-7(2)9/h6H,4-5H2,1-3H3. The third kappa shape index (κ3) is 5.18. The van der Waals surface area contributed by atoms with Gasteiger partial charge in [0.15, 0.2) is 5.12 Å². The predicted molar refractivity (Wildman–Crippen MR) is 48.9 cm³/mol. The van der Waals surface area contributed by atoms with E-state index in [-0.39, 0.29) is 17.0 Å². The minimum Gasteiger partial charge on any atom is -0.469 e. The first kappa shape index (κ1) is 11.5. The van der Waals surface area contributed by atoms with E-state index in [4.69, 9.17) is 0 Å². The Morgan fingerprint density at radius 2 is 2.08 bits per heavy atom. The summed E-state index contributed by atoms with van der Waals surface area (Å²) in [5.74, 6) is 0.368. The van der Waals surface area contributed by atoms with E-state index in [9.17, 15) is 9.59 Å². The van der Waals surface area contributed by atoms with Crippen LogP contribution in [0.5, 0.6) is 0 Å². The Bertz CT molecular complexity index is 168. The van der Waals surface area contributed by atoms with Crippen molar-refractivity contribution in [1.82, 2.24) is 0 Å². The van der Waals surface area contributed by atoms with Crippen LogP contribution in [0.25, 0.3) is 0 Å². The maximum atomic E-state index is 10.9. The summed E-state index contributed by atoms with van der Waals surface area (Å²) in [5.41, 5.74) is 0. The molecule has 0 amide bonds. The number of hydrogen-bond acceptors (Lipinski definition) is 4. The van der Waals surface area contributed by atoms with E-state index in [0.717, 1.165) is 0 Å². The van der Waals surface area contributed by atoms with Gasteiger partial charge in [-0.3, -0.25) is 9.59 Å². The predicted octanol–water partition coefficient (Wildman–Crippen LogP) is 1.47. The van der Waals surface area contributed by atoms with Crippen molar-refractivity contribution in [3.63, 3.8) is 0 Å². The Balaban J connectivity index is 3.50. The molecule has 0 bridgehead atoms. The molecule has 0 saturated heterocycles. The summed E-state index contributed by atoms with van der Waals surface area (Å²) >= 11 is 1.24. The van der Waals surface area contributed by atoms with Crippen molar-refractivity contribution >= 4 is 22.8 Å². The quantitative estimate of drug-likeness (QED) is 0.629. The zero-order valence-corrected chi connectivity index (χ0v) is 8.44. The first-order valence-electron chi connectivity index (χ1n) is 3.79. The van der Waals surface area contributed by atoms with Crippen molar-refractivity contribution < 1.29 is 14.3 Å². The molecule has 0 heterocycles. The van der Waals surface area contributed by atoms with E-state index in [1.54, 1.807) is 6.92 Å². The number of hydrogen-bond donors (Lipinski definition) is 0. The van der Waals surface area contributed by atoms with Gasteiger partial charge < -0.3 is 4.74 Å². The summed E-state index contributed by atoms with van der Waals surface area (Å²) in [6.45, 7) is 3.32. The highest BCUT2D eigenvalue weighted by molar-refractivity contribution is 8.13. The third-order valence-electron chi connectivity index (χ3n) is 1.46. The van der Waals surface area contributed by atoms with E-state index in [1.165, 1.54) is 25.8 Å². The first-order valence-corrected chi connectivity index (χ1v) is 4.77. The van der Waals surface area contributed by atoms with E-state index >= 15 is 0 Å². The smallest absolute Gasteiger partial charge is 0.308 e. The van der Waals surface area contributed by atoms with Gasteiger partial charge in [0.2, 0.25) is 0 Å². The van der Waals surface area contributed by atoms with Gasteiger partial charge in [-0.15, -0.1) is 0 Å². The van der Waals surface area contributed by atoms with Crippen LogP contribution in [0.15, 0.2) is 0 Å². The van der Waals surface area contributed by atoms with Gasteiger partial charge in [0.05, 0.1) is 13.0 Å². The summed E-state index contributed by atoms with van der Waals surface area (Å²) in [6.07, 6.45) is 0.691. The number of carbonyl (C=O) groups is 2. The number of esters is 1. The first-order chi connectivity index (χ1) is 5.57. The lowest BCUT2D eigenvalue weighted by Crippen LogP contribution is -2.13. The Morgan fingerprint density at radius 1 is 1.50 bits per heavy atom. The molecular formula is C8H14O3S. The van der Waals surface area contributed by atoms with Gasteiger partial charge in [0.25, 0.3) is 0 Å². The summed E-state index contributed by atoms with van der Waals surface area (Å²) in [4.78, 5) is 21.4. The lowest BCUT2D eigenvalue weighted by Gasteiger charge is -2.06. The molecule has 0 aromatic carbocycles. The number of ether oxygens (including phenoxy) is 1. The van der Waals surface area contributed by atoms with Crippen LogP contribution in [0.4, 0.5) is 0 Å². The van der Waals surface area contributed by atoms with Crippen LogP contribution in [0.2, 0.25) is 0 Å². The van der Waals surface area contributed by atoms with Crippen LogP contribution in [-0.4, -0.2) is 23.9 Å². The molecule has 0 aromatic heterocycles. The Kier molecular flexibility index (Phi) is 5.80. The Morgan fingerprint density at radius 3 is 2.50 bits per heavy atom. The molecule has 1 unspecified atom stereocenters. The molecule has 0 spiro atoms. The topological polar surface area (TPSA) is 43.4 Å². The lowest BCUT2D eigenvalue weighted by molar-refractivity contribution is -0.144. The number of carbonyl (C=O) groups excluding carboxylic acids is 2. The van der Waals surface area contributed by atoms with Gasteiger partial charge in [-0.25, -0.2) is 0 Å². The van der Waals surface area contributed by atoms with E-state index in [0.29, 0.717) is 12.2 Å². The molecule has 0 aliphatic carbocycles. The Labute approximate surface area is 76.9 Å². The van der Waals surface area contributed by atoms with Crippen molar-refractivity contribution in [3.05, 3.63) is 0 Å². The highest BCUT2D eigenvalue weighted by Gasteiger charge is 2.12. The van der Waals surface area contributed by atoms with Crippen LogP contribution in [0.3, 0.4) is 0 Å². The molecule has 0 radical (unpaired) electrons. The average Bonchev–Trinajstić information content (AvgIpc) is 2.02. The second-order valence-electron chi connectivity index (χ2n) is 2.55. The van der Waals surface area contributed by atoms with Crippen LogP contribution in [0.1, 0.15) is 20.3 Å². The van der Waals surface area contributed by atoms with Gasteiger partial charge in [-0.1, -0.05) is 18.7 Å². The minimum absolute atomic E-state index is 0.0899. The maximum absolute atomic E-state index is 10.9. The van der Waals surface area contributed by atoms with Crippen molar-refractivity contribution in [2.45, 2.75) is 20.3 Å². The third-order valence-corrected chi connectivity index (χ3v) is 2.31. The second kappa shape index (κ2) is 6.06. The molecule has 12 heavy (non-hydrogen) atoms. The molecule has 0 aromatic rings. The zero-order valence-electron chi connectivity index (χ0n) is 7.62. The molecule has 4 heteroatoms.